The molecule has 2 atom stereocenters. The quantitative estimate of drug-likeness (QED) is 0.340. The second kappa shape index (κ2) is 9.64. The van der Waals surface area contributed by atoms with Gasteiger partial charge < -0.3 is 19.6 Å². The Bertz CT molecular complexity index is 1770. The Morgan fingerprint density at radius 3 is 2.69 bits per heavy atom. The van der Waals surface area contributed by atoms with Crippen LogP contribution in [0.15, 0.2) is 37.1 Å². The molecule has 3 aliphatic heterocycles. The van der Waals surface area contributed by atoms with Crippen LogP contribution >= 0.6 is 11.6 Å². The lowest BCUT2D eigenvalue weighted by Gasteiger charge is -2.54. The number of likely N-dealkylation sites (tertiary alicyclic amines) is 1. The Morgan fingerprint density at radius 1 is 1.19 bits per heavy atom. The molecule has 0 saturated carbocycles. The summed E-state index contributed by atoms with van der Waals surface area (Å²) in [5, 5.41) is 8.87. The zero-order valence-corrected chi connectivity index (χ0v) is 25.0. The van der Waals surface area contributed by atoms with Gasteiger partial charge in [0.25, 0.3) is 0 Å². The number of hydrogen-bond acceptors (Lipinski definition) is 7. The molecule has 2 unspecified atom stereocenters. The standard InChI is InChI=1S/C31H34ClFN8O/c1-6-24(42)41-16-31(18(41)3)9-10-39(15-31)29-20-11-22(32)26(25-17(2)7-8-23-21(25)12-34-37-23)27(33)28(20)35-30(36-29)40-13-19(14-40)38(4)5/h6-8,11-12,18-19H,1,9-10,13-16H2,2-5H3,(H,34,37). The number of nitrogens with zero attached hydrogens (tertiary/aromatic N) is 7. The first-order chi connectivity index (χ1) is 20.1. The number of fused-ring (bicyclic) bond motifs is 2. The Hall–Kier alpha value is -3.76. The minimum atomic E-state index is -0.461. The highest BCUT2D eigenvalue weighted by Gasteiger charge is 2.55. The van der Waals surface area contributed by atoms with Crippen molar-refractivity contribution in [1.29, 1.82) is 0 Å². The van der Waals surface area contributed by atoms with Gasteiger partial charge in [-0.05, 0) is 58.1 Å². The number of nitrogens with one attached hydrogen (secondary N) is 1. The molecular weight excluding hydrogens is 555 g/mol. The van der Waals surface area contributed by atoms with Crippen LogP contribution in [-0.2, 0) is 4.79 Å². The minimum absolute atomic E-state index is 0.0425. The molecule has 0 radical (unpaired) electrons. The molecule has 3 aliphatic rings. The van der Waals surface area contributed by atoms with Crippen LogP contribution in [0.25, 0.3) is 32.9 Å². The zero-order chi connectivity index (χ0) is 29.5. The molecule has 0 aliphatic carbocycles. The van der Waals surface area contributed by atoms with Crippen molar-refractivity contribution in [3.8, 4) is 11.1 Å². The van der Waals surface area contributed by atoms with Crippen molar-refractivity contribution >= 4 is 51.1 Å². The number of halogens is 2. The van der Waals surface area contributed by atoms with Gasteiger partial charge in [0.05, 0.1) is 16.7 Å². The Morgan fingerprint density at radius 2 is 1.98 bits per heavy atom. The van der Waals surface area contributed by atoms with Crippen molar-refractivity contribution in [2.75, 3.05) is 56.6 Å². The number of amides is 1. The summed E-state index contributed by atoms with van der Waals surface area (Å²) in [4.78, 5) is 30.6. The fraction of sp³-hybridized carbons (Fsp3) is 0.419. The maximum Gasteiger partial charge on any atom is 0.246 e. The van der Waals surface area contributed by atoms with E-state index in [0.29, 0.717) is 45.9 Å². The van der Waals surface area contributed by atoms with Crippen molar-refractivity contribution in [3.63, 3.8) is 0 Å². The lowest BCUT2D eigenvalue weighted by molar-refractivity contribution is -0.145. The normalized spacial score (nSPS) is 22.5. The average Bonchev–Trinajstić information content (AvgIpc) is 3.60. The first-order valence-corrected chi connectivity index (χ1v) is 14.7. The third-order valence-corrected chi connectivity index (χ3v) is 10.1. The van der Waals surface area contributed by atoms with E-state index < -0.39 is 5.82 Å². The van der Waals surface area contributed by atoms with Crippen LogP contribution in [0.4, 0.5) is 16.2 Å². The lowest BCUT2D eigenvalue weighted by Crippen LogP contribution is -2.65. The molecule has 11 heteroatoms. The second-order valence-corrected chi connectivity index (χ2v) is 12.7. The maximum absolute atomic E-state index is 16.8. The third kappa shape index (κ3) is 3.91. The number of carbonyl (C=O) groups is 1. The molecule has 1 N–H and O–H groups in total. The summed E-state index contributed by atoms with van der Waals surface area (Å²) in [7, 11) is 4.12. The Labute approximate surface area is 248 Å². The summed E-state index contributed by atoms with van der Waals surface area (Å²) in [6, 6.07) is 6.17. The van der Waals surface area contributed by atoms with Gasteiger partial charge in [0.1, 0.15) is 11.3 Å². The van der Waals surface area contributed by atoms with Crippen LogP contribution < -0.4 is 9.80 Å². The van der Waals surface area contributed by atoms with E-state index >= 15 is 4.39 Å². The smallest absolute Gasteiger partial charge is 0.246 e. The Balaban J connectivity index is 1.35. The van der Waals surface area contributed by atoms with Crippen LogP contribution in [-0.4, -0.2) is 94.8 Å². The van der Waals surface area contributed by atoms with Gasteiger partial charge in [0.15, 0.2) is 5.82 Å². The van der Waals surface area contributed by atoms with E-state index in [2.05, 4.69) is 52.5 Å². The van der Waals surface area contributed by atoms with Crippen LogP contribution in [0.5, 0.6) is 0 Å². The lowest BCUT2D eigenvalue weighted by atomic mass is 9.71. The van der Waals surface area contributed by atoms with Crippen LogP contribution in [0.2, 0.25) is 5.02 Å². The molecule has 9 nitrogen and oxygen atoms in total. The SMILES string of the molecule is C=CC(=O)N1CC2(CCN(c3nc(N4CC(N(C)C)C4)nc4c(F)c(-c5c(C)ccc6[nH]ncc56)c(Cl)cc34)C2)C1C. The molecule has 218 valence electrons. The summed E-state index contributed by atoms with van der Waals surface area (Å²) < 4.78 is 16.8. The fourth-order valence-corrected chi connectivity index (χ4v) is 7.23. The number of rotatable bonds is 5. The Kier molecular flexibility index (Phi) is 6.22. The van der Waals surface area contributed by atoms with Crippen molar-refractivity contribution < 1.29 is 9.18 Å². The number of aromatic nitrogens is 4. The topological polar surface area (TPSA) is 84.5 Å². The molecule has 3 saturated heterocycles. The molecule has 3 fully saturated rings. The number of benzene rings is 2. The maximum atomic E-state index is 16.8. The van der Waals surface area contributed by atoms with E-state index in [1.54, 1.807) is 6.20 Å². The van der Waals surface area contributed by atoms with E-state index in [9.17, 15) is 4.79 Å². The van der Waals surface area contributed by atoms with E-state index in [1.807, 2.05) is 30.0 Å². The first-order valence-electron chi connectivity index (χ1n) is 14.3. The highest BCUT2D eigenvalue weighted by molar-refractivity contribution is 6.35. The predicted octanol–water partition coefficient (Wildman–Crippen LogP) is 4.64. The van der Waals surface area contributed by atoms with Crippen molar-refractivity contribution in [2.45, 2.75) is 32.4 Å². The monoisotopic (exact) mass is 588 g/mol. The van der Waals surface area contributed by atoms with Gasteiger partial charge in [0.2, 0.25) is 11.9 Å². The van der Waals surface area contributed by atoms with Crippen LogP contribution in [0.3, 0.4) is 0 Å². The van der Waals surface area contributed by atoms with E-state index in [-0.39, 0.29) is 22.9 Å². The fourth-order valence-electron chi connectivity index (χ4n) is 6.94. The van der Waals surface area contributed by atoms with Crippen molar-refractivity contribution in [2.24, 2.45) is 5.41 Å². The number of aromatic amines is 1. The van der Waals surface area contributed by atoms with Gasteiger partial charge in [-0.25, -0.2) is 9.37 Å². The van der Waals surface area contributed by atoms with Gasteiger partial charge in [-0.1, -0.05) is 24.2 Å². The summed E-state index contributed by atoms with van der Waals surface area (Å²) in [6.45, 7) is 11.4. The van der Waals surface area contributed by atoms with Crippen molar-refractivity contribution in [3.05, 3.63) is 53.5 Å². The number of carbonyl (C=O) groups excluding carboxylic acids is 1. The number of hydrogen-bond donors (Lipinski definition) is 1. The molecule has 1 amide bonds. The number of likely N-dealkylation sites (N-methyl/N-ethyl adjacent to an activating group) is 1. The number of aryl methyl sites for hydroxylation is 1. The predicted molar refractivity (Wildman–Crippen MR) is 165 cm³/mol. The second-order valence-electron chi connectivity index (χ2n) is 12.3. The van der Waals surface area contributed by atoms with Gasteiger partial charge in [0, 0.05) is 72.1 Å². The molecular formula is C31H34ClFN8O. The minimum Gasteiger partial charge on any atom is -0.355 e. The van der Waals surface area contributed by atoms with Crippen molar-refractivity contribution in [1.82, 2.24) is 30.0 Å². The summed E-state index contributed by atoms with van der Waals surface area (Å²) in [5.41, 5.74) is 2.95. The molecule has 5 heterocycles. The summed E-state index contributed by atoms with van der Waals surface area (Å²) in [5.74, 6) is 0.704. The number of anilines is 2. The van der Waals surface area contributed by atoms with E-state index in [0.717, 1.165) is 49.1 Å². The molecule has 1 spiro atoms. The van der Waals surface area contributed by atoms with Gasteiger partial charge in [-0.3, -0.25) is 9.89 Å². The molecule has 42 heavy (non-hydrogen) atoms. The molecule has 0 bridgehead atoms. The summed E-state index contributed by atoms with van der Waals surface area (Å²) >= 11 is 6.93. The van der Waals surface area contributed by atoms with Crippen LogP contribution in [0, 0.1) is 18.2 Å². The highest BCUT2D eigenvalue weighted by Crippen LogP contribution is 2.48. The van der Waals surface area contributed by atoms with Gasteiger partial charge in [-0.2, -0.15) is 10.1 Å². The molecule has 4 aromatic rings. The largest absolute Gasteiger partial charge is 0.355 e. The van der Waals surface area contributed by atoms with Gasteiger partial charge >= 0.3 is 0 Å². The number of H-pyrrole nitrogens is 1. The first kappa shape index (κ1) is 27.1. The highest BCUT2D eigenvalue weighted by atomic mass is 35.5. The zero-order valence-electron chi connectivity index (χ0n) is 24.3. The summed E-state index contributed by atoms with van der Waals surface area (Å²) in [6.07, 6.45) is 4.00. The third-order valence-electron chi connectivity index (χ3n) is 9.79. The van der Waals surface area contributed by atoms with Gasteiger partial charge in [-0.15, -0.1) is 0 Å². The molecule has 7 rings (SSSR count). The van der Waals surface area contributed by atoms with E-state index in [1.165, 1.54) is 6.08 Å². The molecule has 2 aromatic carbocycles. The average molecular weight is 589 g/mol. The van der Waals surface area contributed by atoms with E-state index in [4.69, 9.17) is 21.6 Å². The van der Waals surface area contributed by atoms with Crippen LogP contribution in [0.1, 0.15) is 18.9 Å². The molecule has 2 aromatic heterocycles.